The molecule has 0 radical (unpaired) electrons. The van der Waals surface area contributed by atoms with Crippen molar-refractivity contribution in [3.05, 3.63) is 100 Å². The van der Waals surface area contributed by atoms with Crippen molar-refractivity contribution in [2.45, 2.75) is 20.8 Å². The summed E-state index contributed by atoms with van der Waals surface area (Å²) in [6.07, 6.45) is 1.83. The van der Waals surface area contributed by atoms with Crippen LogP contribution in [0.4, 0.5) is 4.79 Å². The summed E-state index contributed by atoms with van der Waals surface area (Å²) in [7, 11) is 0. The molecule has 4 aromatic rings. The van der Waals surface area contributed by atoms with Crippen molar-refractivity contribution in [1.82, 2.24) is 9.47 Å². The van der Waals surface area contributed by atoms with E-state index < -0.39 is 0 Å². The van der Waals surface area contributed by atoms with Crippen LogP contribution in [-0.4, -0.2) is 33.8 Å². The minimum absolute atomic E-state index is 0.214. The maximum atomic E-state index is 13.0. The summed E-state index contributed by atoms with van der Waals surface area (Å²) >= 11 is 0.981. The number of hydrogen-bond acceptors (Lipinski definition) is 4. The molecule has 0 N–H and O–H groups in total. The number of hydrogen-bond donors (Lipinski definition) is 0. The van der Waals surface area contributed by atoms with Crippen molar-refractivity contribution in [3.8, 4) is 11.4 Å². The first-order valence-corrected chi connectivity index (χ1v) is 12.4. The average Bonchev–Trinajstić information content (AvgIpc) is 3.27. The molecule has 5 rings (SSSR count). The quantitative estimate of drug-likeness (QED) is 0.288. The minimum atomic E-state index is -0.275. The summed E-state index contributed by atoms with van der Waals surface area (Å²) in [4.78, 5) is 27.2. The number of aryl methyl sites for hydroxylation is 2. The van der Waals surface area contributed by atoms with Crippen molar-refractivity contribution in [2.75, 3.05) is 13.2 Å². The fourth-order valence-electron chi connectivity index (χ4n) is 4.44. The predicted octanol–water partition coefficient (Wildman–Crippen LogP) is 6.67. The summed E-state index contributed by atoms with van der Waals surface area (Å²) < 4.78 is 7.92. The van der Waals surface area contributed by atoms with Crippen LogP contribution in [0.3, 0.4) is 0 Å². The summed E-state index contributed by atoms with van der Waals surface area (Å²) in [5.74, 6) is 0.456. The van der Waals surface area contributed by atoms with E-state index in [1.165, 1.54) is 15.7 Å². The summed E-state index contributed by atoms with van der Waals surface area (Å²) in [5, 5.41) is 2.10. The number of ether oxygens (including phenoxy) is 1. The highest BCUT2D eigenvalue weighted by Crippen LogP contribution is 2.34. The number of carbonyl (C=O) groups excluding carboxylic acids is 2. The van der Waals surface area contributed by atoms with Gasteiger partial charge in [-0.3, -0.25) is 14.5 Å². The molecule has 1 fully saturated rings. The van der Waals surface area contributed by atoms with Gasteiger partial charge in [0.05, 0.1) is 11.4 Å². The molecule has 2 heterocycles. The Morgan fingerprint density at radius 2 is 1.69 bits per heavy atom. The van der Waals surface area contributed by atoms with E-state index in [9.17, 15) is 9.59 Å². The average molecular weight is 483 g/mol. The van der Waals surface area contributed by atoms with Gasteiger partial charge >= 0.3 is 0 Å². The lowest BCUT2D eigenvalue weighted by Gasteiger charge is -2.13. The van der Waals surface area contributed by atoms with E-state index in [-0.39, 0.29) is 24.3 Å². The van der Waals surface area contributed by atoms with Crippen LogP contribution >= 0.6 is 11.8 Å². The SMILES string of the molecule is Cc1cccc(OCCN2C(=O)S/C(=C\c3cc(C)n(-c4ccc5ccccc5c4)c3C)C2=O)c1. The Kier molecular flexibility index (Phi) is 6.22. The maximum absolute atomic E-state index is 13.0. The van der Waals surface area contributed by atoms with Gasteiger partial charge < -0.3 is 9.30 Å². The molecule has 0 atom stereocenters. The molecule has 3 aromatic carbocycles. The Bertz CT molecular complexity index is 1480. The predicted molar refractivity (Wildman–Crippen MR) is 142 cm³/mol. The van der Waals surface area contributed by atoms with Gasteiger partial charge in [0, 0.05) is 17.1 Å². The van der Waals surface area contributed by atoms with Gasteiger partial charge in [-0.05, 0) is 90.8 Å². The Morgan fingerprint density at radius 3 is 2.49 bits per heavy atom. The van der Waals surface area contributed by atoms with Crippen LogP contribution in [-0.2, 0) is 4.79 Å². The molecule has 1 aromatic heterocycles. The lowest BCUT2D eigenvalue weighted by Crippen LogP contribution is -2.32. The zero-order chi connectivity index (χ0) is 24.5. The number of rotatable bonds is 6. The van der Waals surface area contributed by atoms with Crippen molar-refractivity contribution in [2.24, 2.45) is 0 Å². The molecule has 35 heavy (non-hydrogen) atoms. The molecule has 6 heteroatoms. The van der Waals surface area contributed by atoms with Crippen LogP contribution < -0.4 is 4.74 Å². The van der Waals surface area contributed by atoms with Crippen LogP contribution in [0.5, 0.6) is 5.75 Å². The molecule has 1 aliphatic heterocycles. The Morgan fingerprint density at radius 1 is 0.886 bits per heavy atom. The molecule has 0 aliphatic carbocycles. The van der Waals surface area contributed by atoms with Crippen molar-refractivity contribution in [1.29, 1.82) is 0 Å². The summed E-state index contributed by atoms with van der Waals surface area (Å²) in [6.45, 7) is 6.55. The van der Waals surface area contributed by atoms with Gasteiger partial charge in [-0.2, -0.15) is 0 Å². The molecule has 1 aliphatic rings. The number of fused-ring (bicyclic) bond motifs is 1. The molecule has 176 valence electrons. The third-order valence-corrected chi connectivity index (χ3v) is 7.10. The Labute approximate surface area is 209 Å². The van der Waals surface area contributed by atoms with Gasteiger partial charge in [0.2, 0.25) is 0 Å². The highest BCUT2D eigenvalue weighted by Gasteiger charge is 2.35. The smallest absolute Gasteiger partial charge is 0.293 e. The normalized spacial score (nSPS) is 14.9. The highest BCUT2D eigenvalue weighted by molar-refractivity contribution is 8.18. The zero-order valence-corrected chi connectivity index (χ0v) is 20.8. The number of imide groups is 1. The number of thioether (sulfide) groups is 1. The molecule has 5 nitrogen and oxygen atoms in total. The largest absolute Gasteiger partial charge is 0.492 e. The van der Waals surface area contributed by atoms with Crippen molar-refractivity contribution < 1.29 is 14.3 Å². The highest BCUT2D eigenvalue weighted by atomic mass is 32.2. The third-order valence-electron chi connectivity index (χ3n) is 6.19. The molecule has 0 spiro atoms. The second kappa shape index (κ2) is 9.47. The van der Waals surface area contributed by atoms with Crippen LogP contribution in [0.15, 0.2) is 77.7 Å². The van der Waals surface area contributed by atoms with Gasteiger partial charge in [0.15, 0.2) is 0 Å². The van der Waals surface area contributed by atoms with Crippen LogP contribution in [0, 0.1) is 20.8 Å². The third kappa shape index (κ3) is 4.62. The van der Waals surface area contributed by atoms with E-state index in [0.717, 1.165) is 45.7 Å². The van der Waals surface area contributed by atoms with E-state index in [2.05, 4.69) is 41.0 Å². The van der Waals surface area contributed by atoms with E-state index in [1.807, 2.05) is 63.2 Å². The van der Waals surface area contributed by atoms with Gasteiger partial charge in [0.1, 0.15) is 12.4 Å². The fraction of sp³-hybridized carbons (Fsp3) is 0.172. The molecule has 1 saturated heterocycles. The van der Waals surface area contributed by atoms with E-state index >= 15 is 0 Å². The second-order valence-electron chi connectivity index (χ2n) is 8.69. The van der Waals surface area contributed by atoms with Gasteiger partial charge in [-0.1, -0.05) is 42.5 Å². The molecule has 0 saturated carbocycles. The maximum Gasteiger partial charge on any atom is 0.293 e. The Balaban J connectivity index is 1.34. The lowest BCUT2D eigenvalue weighted by molar-refractivity contribution is -0.123. The van der Waals surface area contributed by atoms with Crippen LogP contribution in [0.25, 0.3) is 22.5 Å². The first-order valence-electron chi connectivity index (χ1n) is 11.5. The lowest BCUT2D eigenvalue weighted by atomic mass is 10.1. The molecule has 0 unspecified atom stereocenters. The second-order valence-corrected chi connectivity index (χ2v) is 9.68. The van der Waals surface area contributed by atoms with Crippen LogP contribution in [0.1, 0.15) is 22.5 Å². The number of nitrogens with zero attached hydrogens (tertiary/aromatic N) is 2. The fourth-order valence-corrected chi connectivity index (χ4v) is 5.30. The summed E-state index contributed by atoms with van der Waals surface area (Å²) in [6, 6.07) is 24.4. The topological polar surface area (TPSA) is 51.5 Å². The zero-order valence-electron chi connectivity index (χ0n) is 19.9. The monoisotopic (exact) mass is 482 g/mol. The number of aromatic nitrogens is 1. The minimum Gasteiger partial charge on any atom is -0.492 e. The van der Waals surface area contributed by atoms with Crippen LogP contribution in [0.2, 0.25) is 0 Å². The molecular weight excluding hydrogens is 456 g/mol. The standard InChI is InChI=1S/C29H26N2O3S/c1-19-7-6-10-26(15-19)34-14-13-30-28(32)27(35-29(30)33)18-24-16-20(2)31(21(24)3)25-12-11-22-8-4-5-9-23(22)17-25/h4-12,15-18H,13-14H2,1-3H3/b27-18-. The number of amides is 2. The van der Waals surface area contributed by atoms with Crippen molar-refractivity contribution in [3.63, 3.8) is 0 Å². The first-order chi connectivity index (χ1) is 16.9. The van der Waals surface area contributed by atoms with Gasteiger partial charge in [0.25, 0.3) is 11.1 Å². The van der Waals surface area contributed by atoms with Gasteiger partial charge in [-0.15, -0.1) is 0 Å². The molecule has 0 bridgehead atoms. The van der Waals surface area contributed by atoms with Crippen molar-refractivity contribution >= 4 is 39.8 Å². The molecular formula is C29H26N2O3S. The summed E-state index contributed by atoms with van der Waals surface area (Å²) in [5.41, 5.74) is 5.18. The van der Waals surface area contributed by atoms with Gasteiger partial charge in [-0.25, -0.2) is 0 Å². The molecule has 2 amide bonds. The number of carbonyl (C=O) groups is 2. The van der Waals surface area contributed by atoms with E-state index in [1.54, 1.807) is 0 Å². The Hall–Kier alpha value is -3.77. The van der Waals surface area contributed by atoms with E-state index in [4.69, 9.17) is 4.74 Å². The first kappa shape index (κ1) is 23.0. The number of benzene rings is 3. The van der Waals surface area contributed by atoms with E-state index in [0.29, 0.717) is 4.91 Å².